The van der Waals surface area contributed by atoms with Gasteiger partial charge in [-0.05, 0) is 38.0 Å². The van der Waals surface area contributed by atoms with Gasteiger partial charge in [0.25, 0.3) is 0 Å². The molecular weight excluding hydrogens is 268 g/mol. The Kier molecular flexibility index (Phi) is 6.09. The summed E-state index contributed by atoms with van der Waals surface area (Å²) < 4.78 is 5.14. The maximum absolute atomic E-state index is 11.7. The molecule has 0 unspecified atom stereocenters. The topological polar surface area (TPSA) is 79.2 Å². The predicted molar refractivity (Wildman–Crippen MR) is 81.3 cm³/mol. The Labute approximate surface area is 125 Å². The van der Waals surface area contributed by atoms with Crippen LogP contribution in [0.4, 0.5) is 0 Å². The van der Waals surface area contributed by atoms with Crippen molar-refractivity contribution in [2.45, 2.75) is 45.8 Å². The molecule has 5 nitrogen and oxygen atoms in total. The molecule has 0 saturated carbocycles. The molecule has 2 N–H and O–H groups in total. The van der Waals surface area contributed by atoms with Crippen LogP contribution in [0.15, 0.2) is 24.3 Å². The predicted octanol–water partition coefficient (Wildman–Crippen LogP) is 2.42. The number of amides is 1. The fourth-order valence-electron chi connectivity index (χ4n) is 1.69. The van der Waals surface area contributed by atoms with Crippen molar-refractivity contribution in [3.8, 4) is 0 Å². The summed E-state index contributed by atoms with van der Waals surface area (Å²) in [5, 5.41) is 9.92. The molecule has 1 aromatic carbocycles. The highest BCUT2D eigenvalue weighted by atomic mass is 16.6. The second-order valence-electron chi connectivity index (χ2n) is 5.75. The lowest BCUT2D eigenvalue weighted by Crippen LogP contribution is -2.27. The molecule has 1 amide bonds. The van der Waals surface area contributed by atoms with Crippen LogP contribution in [-0.4, -0.2) is 23.7 Å². The molecule has 21 heavy (non-hydrogen) atoms. The van der Waals surface area contributed by atoms with Gasteiger partial charge in [-0.15, -0.1) is 0 Å². The van der Waals surface area contributed by atoms with Crippen LogP contribution in [0.3, 0.4) is 0 Å². The lowest BCUT2D eigenvalue weighted by molar-refractivity contribution is -0.155. The van der Waals surface area contributed by atoms with Gasteiger partial charge >= 0.3 is 5.97 Å². The van der Waals surface area contributed by atoms with E-state index in [9.17, 15) is 9.59 Å². The lowest BCUT2D eigenvalue weighted by Gasteiger charge is -2.19. The van der Waals surface area contributed by atoms with Crippen LogP contribution in [0, 0.1) is 5.41 Å². The van der Waals surface area contributed by atoms with Gasteiger partial charge in [-0.2, -0.15) is 0 Å². The molecule has 0 aliphatic carbocycles. The van der Waals surface area contributed by atoms with E-state index in [4.69, 9.17) is 10.1 Å². The first-order valence-corrected chi connectivity index (χ1v) is 6.88. The van der Waals surface area contributed by atoms with Gasteiger partial charge in [0.2, 0.25) is 5.91 Å². The molecule has 0 bridgehead atoms. The van der Waals surface area contributed by atoms with Crippen LogP contribution in [0.2, 0.25) is 0 Å². The molecule has 5 heteroatoms. The lowest BCUT2D eigenvalue weighted by atomic mass is 10.1. The second kappa shape index (κ2) is 7.57. The van der Waals surface area contributed by atoms with Gasteiger partial charge < -0.3 is 15.5 Å². The van der Waals surface area contributed by atoms with Crippen molar-refractivity contribution in [3.63, 3.8) is 0 Å². The Balaban J connectivity index is 2.34. The van der Waals surface area contributed by atoms with Crippen molar-refractivity contribution in [2.24, 2.45) is 0 Å². The van der Waals surface area contributed by atoms with E-state index in [1.807, 2.05) is 24.3 Å². The zero-order valence-electron chi connectivity index (χ0n) is 12.7. The Morgan fingerprint density at radius 3 is 2.62 bits per heavy atom. The van der Waals surface area contributed by atoms with Gasteiger partial charge in [0.15, 0.2) is 0 Å². The zero-order chi connectivity index (χ0) is 15.9. The molecule has 0 aliphatic rings. The fourth-order valence-corrected chi connectivity index (χ4v) is 1.69. The second-order valence-corrected chi connectivity index (χ2v) is 5.75. The minimum atomic E-state index is -0.527. The summed E-state index contributed by atoms with van der Waals surface area (Å²) in [6.07, 6.45) is 1.44. The van der Waals surface area contributed by atoms with Crippen LogP contribution < -0.4 is 5.32 Å². The smallest absolute Gasteiger partial charge is 0.306 e. The number of nitrogens with one attached hydrogen (secondary N) is 2. The summed E-state index contributed by atoms with van der Waals surface area (Å²) in [7, 11) is 0. The zero-order valence-corrected chi connectivity index (χ0v) is 12.7. The summed E-state index contributed by atoms with van der Waals surface area (Å²) >= 11 is 0. The van der Waals surface area contributed by atoms with Crippen LogP contribution in [0.1, 0.15) is 44.7 Å². The average Bonchev–Trinajstić information content (AvgIpc) is 2.41. The first kappa shape index (κ1) is 16.9. The number of carbonyl (C=O) groups excluding carboxylic acids is 2. The summed E-state index contributed by atoms with van der Waals surface area (Å²) in [4.78, 5) is 23.2. The molecule has 0 aliphatic heterocycles. The molecule has 0 spiro atoms. The third kappa shape index (κ3) is 7.25. The normalized spacial score (nSPS) is 10.8. The standard InChI is InChI=1S/C16H22N2O3/c1-16(2,3)21-15(20)8-7-14(19)18-11-13-6-4-5-12(9-13)10-17/h4-6,9-10,17H,7-8,11H2,1-3H3,(H,18,19). The number of ether oxygens (including phenoxy) is 1. The van der Waals surface area contributed by atoms with E-state index >= 15 is 0 Å². The average molecular weight is 290 g/mol. The highest BCUT2D eigenvalue weighted by Crippen LogP contribution is 2.09. The molecule has 0 saturated heterocycles. The highest BCUT2D eigenvalue weighted by Gasteiger charge is 2.16. The van der Waals surface area contributed by atoms with E-state index in [0.29, 0.717) is 6.54 Å². The minimum Gasteiger partial charge on any atom is -0.460 e. The molecular formula is C16H22N2O3. The summed E-state index contributed by atoms with van der Waals surface area (Å²) in [6, 6.07) is 7.37. The van der Waals surface area contributed by atoms with Crippen molar-refractivity contribution in [1.29, 1.82) is 5.41 Å². The number of benzene rings is 1. The van der Waals surface area contributed by atoms with E-state index in [-0.39, 0.29) is 24.7 Å². The Morgan fingerprint density at radius 2 is 2.00 bits per heavy atom. The summed E-state index contributed by atoms with van der Waals surface area (Å²) in [5.41, 5.74) is 1.18. The maximum Gasteiger partial charge on any atom is 0.306 e. The van der Waals surface area contributed by atoms with Gasteiger partial charge in [0, 0.05) is 19.2 Å². The molecule has 0 fully saturated rings. The first-order chi connectivity index (χ1) is 9.80. The first-order valence-electron chi connectivity index (χ1n) is 6.88. The van der Waals surface area contributed by atoms with Crippen LogP contribution in [0.25, 0.3) is 0 Å². The van der Waals surface area contributed by atoms with E-state index in [2.05, 4.69) is 5.32 Å². The van der Waals surface area contributed by atoms with Gasteiger partial charge in [-0.25, -0.2) is 0 Å². The SMILES string of the molecule is CC(C)(C)OC(=O)CCC(=O)NCc1cccc(C=N)c1. The van der Waals surface area contributed by atoms with E-state index in [0.717, 1.165) is 11.1 Å². The molecule has 0 aromatic heterocycles. The molecule has 0 heterocycles. The Morgan fingerprint density at radius 1 is 1.29 bits per heavy atom. The van der Waals surface area contributed by atoms with E-state index < -0.39 is 5.60 Å². The number of esters is 1. The molecule has 1 aromatic rings. The van der Waals surface area contributed by atoms with Gasteiger partial charge in [0.1, 0.15) is 5.60 Å². The van der Waals surface area contributed by atoms with Crippen molar-refractivity contribution < 1.29 is 14.3 Å². The number of hydrogen-bond acceptors (Lipinski definition) is 4. The van der Waals surface area contributed by atoms with E-state index in [1.54, 1.807) is 20.8 Å². The molecule has 0 atom stereocenters. The van der Waals surface area contributed by atoms with Crippen molar-refractivity contribution in [2.75, 3.05) is 0 Å². The molecule has 0 radical (unpaired) electrons. The minimum absolute atomic E-state index is 0.0731. The van der Waals surface area contributed by atoms with Crippen LogP contribution >= 0.6 is 0 Å². The number of rotatable bonds is 6. The van der Waals surface area contributed by atoms with Crippen molar-refractivity contribution >= 4 is 18.1 Å². The Hall–Kier alpha value is -2.17. The molecule has 1 rings (SSSR count). The number of carbonyl (C=O) groups is 2. The number of hydrogen-bond donors (Lipinski definition) is 2. The quantitative estimate of drug-likeness (QED) is 0.624. The van der Waals surface area contributed by atoms with Gasteiger partial charge in [-0.3, -0.25) is 9.59 Å². The summed E-state index contributed by atoms with van der Waals surface area (Å²) in [6.45, 7) is 5.76. The Bertz CT molecular complexity index is 518. The van der Waals surface area contributed by atoms with E-state index in [1.165, 1.54) is 6.21 Å². The van der Waals surface area contributed by atoms with Crippen LogP contribution in [-0.2, 0) is 20.9 Å². The fraction of sp³-hybridized carbons (Fsp3) is 0.438. The largest absolute Gasteiger partial charge is 0.460 e. The summed E-state index contributed by atoms with van der Waals surface area (Å²) in [5.74, 6) is -0.565. The molecule has 114 valence electrons. The van der Waals surface area contributed by atoms with Crippen molar-refractivity contribution in [3.05, 3.63) is 35.4 Å². The monoisotopic (exact) mass is 290 g/mol. The van der Waals surface area contributed by atoms with Crippen molar-refractivity contribution in [1.82, 2.24) is 5.32 Å². The third-order valence-electron chi connectivity index (χ3n) is 2.58. The maximum atomic E-state index is 11.7. The van der Waals surface area contributed by atoms with Gasteiger partial charge in [-0.1, -0.05) is 18.2 Å². The highest BCUT2D eigenvalue weighted by molar-refractivity contribution is 5.81. The van der Waals surface area contributed by atoms with Gasteiger partial charge in [0.05, 0.1) is 6.42 Å². The third-order valence-corrected chi connectivity index (χ3v) is 2.58. The van der Waals surface area contributed by atoms with Crippen LogP contribution in [0.5, 0.6) is 0 Å².